The smallest absolute Gasteiger partial charge is 0.309 e. The van der Waals surface area contributed by atoms with Crippen LogP contribution in [0.1, 0.15) is 24.1 Å². The van der Waals surface area contributed by atoms with Crippen molar-refractivity contribution in [2.75, 3.05) is 12.3 Å². The highest BCUT2D eigenvalue weighted by molar-refractivity contribution is 8.00. The Morgan fingerprint density at radius 1 is 1.10 bits per heavy atom. The van der Waals surface area contributed by atoms with Gasteiger partial charge in [-0.15, -0.1) is 0 Å². The summed E-state index contributed by atoms with van der Waals surface area (Å²) in [6.07, 6.45) is -4.48. The first-order valence-corrected chi connectivity index (χ1v) is 6.70. The van der Waals surface area contributed by atoms with E-state index in [-0.39, 0.29) is 29.6 Å². The van der Waals surface area contributed by atoms with E-state index in [4.69, 9.17) is 0 Å². The Hall–Kier alpha value is -0.890. The molecule has 20 heavy (non-hydrogen) atoms. The summed E-state index contributed by atoms with van der Waals surface area (Å²) in [5.74, 6) is -0.248. The lowest BCUT2D eigenvalue weighted by molar-refractivity contribution is -0.138. The summed E-state index contributed by atoms with van der Waals surface area (Å²) in [6, 6.07) is 4.34. The molecule has 0 bridgehead atoms. The maximum Gasteiger partial charge on any atom is 0.441 e. The van der Waals surface area contributed by atoms with Crippen LogP contribution in [0.3, 0.4) is 0 Å². The van der Waals surface area contributed by atoms with Gasteiger partial charge in [-0.2, -0.15) is 26.3 Å². The normalized spacial score (nSPS) is 14.3. The molecular weight excluding hydrogens is 304 g/mol. The fourth-order valence-corrected chi connectivity index (χ4v) is 2.14. The number of nitrogens with one attached hydrogen (secondary N) is 1. The van der Waals surface area contributed by atoms with Crippen molar-refractivity contribution in [1.82, 2.24) is 5.32 Å². The highest BCUT2D eigenvalue weighted by Crippen LogP contribution is 2.34. The van der Waals surface area contributed by atoms with E-state index in [1.165, 1.54) is 25.1 Å². The molecule has 1 aromatic carbocycles. The average Bonchev–Trinajstić information content (AvgIpc) is 2.32. The standard InChI is InChI=1S/C12H13F6NS/c1-8(19-6-7-20-12(16,17)18)9-4-2-3-5-10(9)11(13,14)15/h2-5,8,19H,6-7H2,1H3. The fraction of sp³-hybridized carbons (Fsp3) is 0.500. The van der Waals surface area contributed by atoms with Crippen LogP contribution in [0.25, 0.3) is 0 Å². The Labute approximate surface area is 116 Å². The van der Waals surface area contributed by atoms with Crippen molar-refractivity contribution in [3.8, 4) is 0 Å². The van der Waals surface area contributed by atoms with E-state index in [1.807, 2.05) is 0 Å². The van der Waals surface area contributed by atoms with Crippen molar-refractivity contribution in [2.24, 2.45) is 0 Å². The van der Waals surface area contributed by atoms with E-state index in [2.05, 4.69) is 5.32 Å². The summed E-state index contributed by atoms with van der Waals surface area (Å²) in [5.41, 5.74) is -5.07. The molecule has 1 rings (SSSR count). The zero-order chi connectivity index (χ0) is 15.4. The summed E-state index contributed by atoms with van der Waals surface area (Å²) < 4.78 is 74.0. The first kappa shape index (κ1) is 17.2. The Bertz CT molecular complexity index is 429. The monoisotopic (exact) mass is 317 g/mol. The first-order chi connectivity index (χ1) is 9.11. The number of hydrogen-bond acceptors (Lipinski definition) is 2. The summed E-state index contributed by atoms with van der Waals surface area (Å²) in [4.78, 5) is 0. The summed E-state index contributed by atoms with van der Waals surface area (Å²) in [5, 5.41) is 2.66. The molecule has 1 unspecified atom stereocenters. The van der Waals surface area contributed by atoms with Gasteiger partial charge in [0.25, 0.3) is 0 Å². The van der Waals surface area contributed by atoms with Gasteiger partial charge in [-0.1, -0.05) is 18.2 Å². The number of hydrogen-bond donors (Lipinski definition) is 1. The van der Waals surface area contributed by atoms with Crippen molar-refractivity contribution in [1.29, 1.82) is 0 Å². The van der Waals surface area contributed by atoms with Gasteiger partial charge in [0.15, 0.2) is 0 Å². The van der Waals surface area contributed by atoms with E-state index in [0.717, 1.165) is 6.07 Å². The number of benzene rings is 1. The van der Waals surface area contributed by atoms with Crippen LogP contribution < -0.4 is 5.32 Å². The second kappa shape index (κ2) is 6.71. The van der Waals surface area contributed by atoms with Crippen LogP contribution >= 0.6 is 11.8 Å². The number of halogens is 6. The van der Waals surface area contributed by atoms with Gasteiger partial charge in [-0.05, 0) is 30.3 Å². The van der Waals surface area contributed by atoms with E-state index in [9.17, 15) is 26.3 Å². The second-order valence-corrected chi connectivity index (χ2v) is 5.21. The lowest BCUT2D eigenvalue weighted by Crippen LogP contribution is -2.24. The Kier molecular flexibility index (Phi) is 5.76. The van der Waals surface area contributed by atoms with E-state index in [0.29, 0.717) is 0 Å². The molecule has 0 aliphatic heterocycles. The maximum absolute atomic E-state index is 12.8. The van der Waals surface area contributed by atoms with Gasteiger partial charge in [0.2, 0.25) is 0 Å². The molecule has 0 radical (unpaired) electrons. The van der Waals surface area contributed by atoms with Crippen molar-refractivity contribution >= 4 is 11.8 Å². The van der Waals surface area contributed by atoms with Crippen LogP contribution in [0.5, 0.6) is 0 Å². The molecule has 1 nitrogen and oxygen atoms in total. The molecule has 0 spiro atoms. The third-order valence-electron chi connectivity index (χ3n) is 2.55. The molecule has 8 heteroatoms. The largest absolute Gasteiger partial charge is 0.441 e. The third-order valence-corrected chi connectivity index (χ3v) is 3.29. The molecule has 0 saturated heterocycles. The topological polar surface area (TPSA) is 12.0 Å². The molecule has 0 saturated carbocycles. The summed E-state index contributed by atoms with van der Waals surface area (Å²) in [7, 11) is 0. The number of alkyl halides is 6. The molecule has 0 aromatic heterocycles. The van der Waals surface area contributed by atoms with Crippen molar-refractivity contribution in [2.45, 2.75) is 24.7 Å². The Balaban J connectivity index is 2.62. The van der Waals surface area contributed by atoms with Crippen LogP contribution in [0.4, 0.5) is 26.3 Å². The Morgan fingerprint density at radius 2 is 1.70 bits per heavy atom. The van der Waals surface area contributed by atoms with Gasteiger partial charge in [-0.25, -0.2) is 0 Å². The number of thioether (sulfide) groups is 1. The van der Waals surface area contributed by atoms with Crippen LogP contribution in [0.2, 0.25) is 0 Å². The minimum atomic E-state index is -4.48. The van der Waals surface area contributed by atoms with E-state index in [1.54, 1.807) is 0 Å². The molecule has 0 aliphatic rings. The minimum Gasteiger partial charge on any atom is -0.309 e. The molecule has 1 aromatic rings. The van der Waals surface area contributed by atoms with Crippen LogP contribution in [-0.4, -0.2) is 17.8 Å². The zero-order valence-corrected chi connectivity index (χ0v) is 11.3. The van der Waals surface area contributed by atoms with Crippen molar-refractivity contribution < 1.29 is 26.3 Å². The average molecular weight is 317 g/mol. The highest BCUT2D eigenvalue weighted by atomic mass is 32.2. The molecule has 114 valence electrons. The number of rotatable bonds is 5. The van der Waals surface area contributed by atoms with Gasteiger partial charge in [-0.3, -0.25) is 0 Å². The lowest BCUT2D eigenvalue weighted by Gasteiger charge is -2.19. The van der Waals surface area contributed by atoms with Gasteiger partial charge in [0.1, 0.15) is 0 Å². The van der Waals surface area contributed by atoms with Crippen LogP contribution in [0.15, 0.2) is 24.3 Å². The molecule has 0 aliphatic carbocycles. The first-order valence-electron chi connectivity index (χ1n) is 5.71. The molecular formula is C12H13F6NS. The molecule has 0 heterocycles. The second-order valence-electron chi connectivity index (χ2n) is 4.06. The predicted molar refractivity (Wildman–Crippen MR) is 66.4 cm³/mol. The molecule has 1 atom stereocenters. The molecule has 1 N–H and O–H groups in total. The SMILES string of the molecule is CC(NCCSC(F)(F)F)c1ccccc1C(F)(F)F. The third kappa shape index (κ3) is 5.62. The molecule has 0 amide bonds. The van der Waals surface area contributed by atoms with E-state index >= 15 is 0 Å². The lowest BCUT2D eigenvalue weighted by atomic mass is 10.0. The van der Waals surface area contributed by atoms with Crippen molar-refractivity contribution in [3.63, 3.8) is 0 Å². The predicted octanol–water partition coefficient (Wildman–Crippen LogP) is 4.61. The zero-order valence-electron chi connectivity index (χ0n) is 10.5. The van der Waals surface area contributed by atoms with Crippen LogP contribution in [-0.2, 0) is 6.18 Å². The Morgan fingerprint density at radius 3 is 2.25 bits per heavy atom. The van der Waals surface area contributed by atoms with Gasteiger partial charge in [0.05, 0.1) is 5.56 Å². The van der Waals surface area contributed by atoms with Crippen molar-refractivity contribution in [3.05, 3.63) is 35.4 Å². The maximum atomic E-state index is 12.8. The highest BCUT2D eigenvalue weighted by Gasteiger charge is 2.34. The fourth-order valence-electron chi connectivity index (χ4n) is 1.68. The molecule has 0 fully saturated rings. The summed E-state index contributed by atoms with van der Waals surface area (Å²) >= 11 is -0.204. The quantitative estimate of drug-likeness (QED) is 0.629. The van der Waals surface area contributed by atoms with E-state index < -0.39 is 23.3 Å². The minimum absolute atomic E-state index is 0.0250. The van der Waals surface area contributed by atoms with Gasteiger partial charge < -0.3 is 5.32 Å². The van der Waals surface area contributed by atoms with Gasteiger partial charge in [0, 0.05) is 18.3 Å². The summed E-state index contributed by atoms with van der Waals surface area (Å²) in [6.45, 7) is 1.46. The van der Waals surface area contributed by atoms with Gasteiger partial charge >= 0.3 is 11.7 Å². The van der Waals surface area contributed by atoms with Crippen LogP contribution in [0, 0.1) is 0 Å².